The second-order valence-electron chi connectivity index (χ2n) is 4.47. The van der Waals surface area contributed by atoms with Crippen molar-refractivity contribution in [1.82, 2.24) is 15.1 Å². The smallest absolute Gasteiger partial charge is 0.161 e. The van der Waals surface area contributed by atoms with Gasteiger partial charge in [0.25, 0.3) is 0 Å². The van der Waals surface area contributed by atoms with E-state index in [0.717, 1.165) is 37.6 Å². The van der Waals surface area contributed by atoms with E-state index >= 15 is 0 Å². The van der Waals surface area contributed by atoms with Crippen LogP contribution in [-0.4, -0.2) is 22.9 Å². The Labute approximate surface area is 115 Å². The monoisotopic (exact) mass is 283 g/mol. The number of aryl methyl sites for hydroxylation is 1. The molecule has 2 rings (SSSR count). The van der Waals surface area contributed by atoms with Gasteiger partial charge in [-0.15, -0.1) is 0 Å². The maximum Gasteiger partial charge on any atom is 0.161 e. The van der Waals surface area contributed by atoms with Crippen LogP contribution in [-0.2, 0) is 6.42 Å². The Morgan fingerprint density at radius 2 is 1.90 bits per heavy atom. The molecule has 3 nitrogen and oxygen atoms in total. The molecule has 0 unspecified atom stereocenters. The van der Waals surface area contributed by atoms with E-state index in [0.29, 0.717) is 6.07 Å². The molecule has 0 aliphatic carbocycles. The fraction of sp³-hybridized carbons (Fsp3) is 0.357. The molecule has 1 heterocycles. The predicted octanol–water partition coefficient (Wildman–Crippen LogP) is 2.83. The molecule has 1 N–H and O–H groups in total. The van der Waals surface area contributed by atoms with Crippen molar-refractivity contribution in [3.05, 3.63) is 47.5 Å². The zero-order chi connectivity index (χ0) is 14.5. The average molecular weight is 283 g/mol. The van der Waals surface area contributed by atoms with Gasteiger partial charge >= 0.3 is 0 Å². The highest BCUT2D eigenvalue weighted by molar-refractivity contribution is 5.34. The van der Waals surface area contributed by atoms with Crippen LogP contribution in [0.25, 0.3) is 5.69 Å². The highest BCUT2D eigenvalue weighted by Gasteiger charge is 2.12. The lowest BCUT2D eigenvalue weighted by Crippen LogP contribution is -2.14. The van der Waals surface area contributed by atoms with Crippen LogP contribution in [0.1, 0.15) is 18.9 Å². The van der Waals surface area contributed by atoms with E-state index in [9.17, 15) is 13.2 Å². The molecular weight excluding hydrogens is 267 g/mol. The summed E-state index contributed by atoms with van der Waals surface area (Å²) in [5.74, 6) is -3.14. The summed E-state index contributed by atoms with van der Waals surface area (Å²) in [6.07, 6.45) is 4.95. The van der Waals surface area contributed by atoms with E-state index in [4.69, 9.17) is 0 Å². The summed E-state index contributed by atoms with van der Waals surface area (Å²) in [4.78, 5) is 0. The topological polar surface area (TPSA) is 29.9 Å². The van der Waals surface area contributed by atoms with Gasteiger partial charge in [0, 0.05) is 18.3 Å². The third kappa shape index (κ3) is 3.39. The molecule has 0 bridgehead atoms. The number of hydrogen-bond acceptors (Lipinski definition) is 2. The second-order valence-corrected chi connectivity index (χ2v) is 4.47. The fourth-order valence-corrected chi connectivity index (χ4v) is 1.90. The first-order chi connectivity index (χ1) is 9.61. The minimum atomic E-state index is -1.20. The van der Waals surface area contributed by atoms with Gasteiger partial charge in [0.05, 0.1) is 6.20 Å². The van der Waals surface area contributed by atoms with Gasteiger partial charge < -0.3 is 5.32 Å². The average Bonchev–Trinajstić information content (AvgIpc) is 2.87. The standard InChI is InChI=1S/C14H16F3N3/c1-2-18-5-3-4-10-8-19-20(9-10)14-7-12(16)11(15)6-13(14)17/h6-9,18H,2-5H2,1H3. The predicted molar refractivity (Wildman–Crippen MR) is 70.3 cm³/mol. The van der Waals surface area contributed by atoms with Crippen LogP contribution in [0.4, 0.5) is 13.2 Å². The van der Waals surface area contributed by atoms with Crippen molar-refractivity contribution in [2.45, 2.75) is 19.8 Å². The lowest BCUT2D eigenvalue weighted by atomic mass is 10.2. The van der Waals surface area contributed by atoms with Crippen LogP contribution in [0, 0.1) is 17.5 Å². The van der Waals surface area contributed by atoms with Crippen LogP contribution in [0.3, 0.4) is 0 Å². The lowest BCUT2D eigenvalue weighted by Gasteiger charge is -2.04. The Balaban J connectivity index is 2.10. The van der Waals surface area contributed by atoms with E-state index < -0.39 is 17.5 Å². The second kappa shape index (κ2) is 6.56. The SMILES string of the molecule is CCNCCCc1cnn(-c2cc(F)c(F)cc2F)c1. The molecule has 0 fully saturated rings. The first-order valence-corrected chi connectivity index (χ1v) is 6.51. The number of nitrogens with zero attached hydrogens (tertiary/aromatic N) is 2. The van der Waals surface area contributed by atoms with Crippen molar-refractivity contribution < 1.29 is 13.2 Å². The summed E-state index contributed by atoms with van der Waals surface area (Å²) < 4.78 is 40.8. The Morgan fingerprint density at radius 3 is 2.65 bits per heavy atom. The zero-order valence-corrected chi connectivity index (χ0v) is 11.2. The molecule has 0 saturated heterocycles. The van der Waals surface area contributed by atoms with E-state index in [1.54, 1.807) is 12.4 Å². The van der Waals surface area contributed by atoms with Crippen molar-refractivity contribution in [3.63, 3.8) is 0 Å². The van der Waals surface area contributed by atoms with Gasteiger partial charge in [0.15, 0.2) is 17.5 Å². The molecule has 1 aromatic carbocycles. The molecular formula is C14H16F3N3. The number of hydrogen-bond donors (Lipinski definition) is 1. The van der Waals surface area contributed by atoms with Crippen molar-refractivity contribution in [1.29, 1.82) is 0 Å². The molecule has 0 amide bonds. The molecule has 1 aromatic heterocycles. The Hall–Kier alpha value is -1.82. The van der Waals surface area contributed by atoms with E-state index in [1.165, 1.54) is 4.68 Å². The third-order valence-electron chi connectivity index (χ3n) is 2.94. The fourth-order valence-electron chi connectivity index (χ4n) is 1.90. The van der Waals surface area contributed by atoms with Crippen molar-refractivity contribution in [3.8, 4) is 5.69 Å². The molecule has 108 valence electrons. The van der Waals surface area contributed by atoms with E-state index in [2.05, 4.69) is 10.4 Å². The molecule has 2 aromatic rings. The summed E-state index contributed by atoms with van der Waals surface area (Å²) >= 11 is 0. The maximum atomic E-state index is 13.6. The van der Waals surface area contributed by atoms with Gasteiger partial charge in [-0.1, -0.05) is 6.92 Å². The third-order valence-corrected chi connectivity index (χ3v) is 2.94. The summed E-state index contributed by atoms with van der Waals surface area (Å²) in [7, 11) is 0. The van der Waals surface area contributed by atoms with Crippen molar-refractivity contribution >= 4 is 0 Å². The van der Waals surface area contributed by atoms with Gasteiger partial charge in [-0.05, 0) is 31.5 Å². The van der Waals surface area contributed by atoms with Gasteiger partial charge in [0.2, 0.25) is 0 Å². The molecule has 0 saturated carbocycles. The van der Waals surface area contributed by atoms with Crippen molar-refractivity contribution in [2.75, 3.05) is 13.1 Å². The van der Waals surface area contributed by atoms with Crippen LogP contribution in [0.2, 0.25) is 0 Å². The number of halogens is 3. The Morgan fingerprint density at radius 1 is 1.15 bits per heavy atom. The van der Waals surface area contributed by atoms with Crippen LogP contribution >= 0.6 is 0 Å². The molecule has 0 radical (unpaired) electrons. The van der Waals surface area contributed by atoms with Crippen LogP contribution < -0.4 is 5.32 Å². The first kappa shape index (κ1) is 14.6. The molecule has 0 aliphatic rings. The maximum absolute atomic E-state index is 13.6. The van der Waals surface area contributed by atoms with Crippen molar-refractivity contribution in [2.24, 2.45) is 0 Å². The molecule has 0 spiro atoms. The van der Waals surface area contributed by atoms with E-state index in [-0.39, 0.29) is 5.69 Å². The normalized spacial score (nSPS) is 11.0. The van der Waals surface area contributed by atoms with Crippen LogP contribution in [0.5, 0.6) is 0 Å². The largest absolute Gasteiger partial charge is 0.317 e. The summed E-state index contributed by atoms with van der Waals surface area (Å²) in [5, 5.41) is 7.19. The first-order valence-electron chi connectivity index (χ1n) is 6.51. The zero-order valence-electron chi connectivity index (χ0n) is 11.2. The van der Waals surface area contributed by atoms with Gasteiger partial charge in [0.1, 0.15) is 5.69 Å². The Kier molecular flexibility index (Phi) is 4.79. The summed E-state index contributed by atoms with van der Waals surface area (Å²) in [6, 6.07) is 1.33. The highest BCUT2D eigenvalue weighted by atomic mass is 19.2. The van der Waals surface area contributed by atoms with Crippen LogP contribution in [0.15, 0.2) is 24.5 Å². The summed E-state index contributed by atoms with van der Waals surface area (Å²) in [5.41, 5.74) is 0.828. The molecule has 0 aliphatic heterocycles. The van der Waals surface area contributed by atoms with Gasteiger partial charge in [-0.2, -0.15) is 5.10 Å². The summed E-state index contributed by atoms with van der Waals surface area (Å²) in [6.45, 7) is 3.84. The minimum Gasteiger partial charge on any atom is -0.317 e. The lowest BCUT2D eigenvalue weighted by molar-refractivity contribution is 0.491. The highest BCUT2D eigenvalue weighted by Crippen LogP contribution is 2.18. The minimum absolute atomic E-state index is 0.0955. The van der Waals surface area contributed by atoms with Gasteiger partial charge in [-0.25, -0.2) is 17.9 Å². The molecule has 20 heavy (non-hydrogen) atoms. The molecule has 0 atom stereocenters. The number of aromatic nitrogens is 2. The number of nitrogens with one attached hydrogen (secondary N) is 1. The van der Waals surface area contributed by atoms with E-state index in [1.807, 2.05) is 6.92 Å². The quantitative estimate of drug-likeness (QED) is 0.652. The number of rotatable bonds is 6. The number of benzene rings is 1. The Bertz CT molecular complexity index is 581. The molecule has 6 heteroatoms. The van der Waals surface area contributed by atoms with Gasteiger partial charge in [-0.3, -0.25) is 0 Å².